The van der Waals surface area contributed by atoms with E-state index in [2.05, 4.69) is 16.0 Å². The fourth-order valence-corrected chi connectivity index (χ4v) is 3.92. The Labute approximate surface area is 202 Å². The lowest BCUT2D eigenvalue weighted by molar-refractivity contribution is 0.0952. The van der Waals surface area contributed by atoms with Gasteiger partial charge in [0.05, 0.1) is 28.9 Å². The van der Waals surface area contributed by atoms with E-state index in [1.54, 1.807) is 24.3 Å². The third-order valence-corrected chi connectivity index (χ3v) is 5.50. The first-order valence-corrected chi connectivity index (χ1v) is 11.1. The summed E-state index contributed by atoms with van der Waals surface area (Å²) in [6.07, 6.45) is -1.20. The van der Waals surface area contributed by atoms with Crippen LogP contribution in [0, 0.1) is 0 Å². The third-order valence-electron chi connectivity index (χ3n) is 5.50. The van der Waals surface area contributed by atoms with Crippen molar-refractivity contribution >= 4 is 50.9 Å². The lowest BCUT2D eigenvalue weighted by Crippen LogP contribution is -2.31. The summed E-state index contributed by atoms with van der Waals surface area (Å²) in [6, 6.07) is 18.0. The Kier molecular flexibility index (Phi) is 7.09. The molecule has 1 aromatic heterocycles. The number of anilines is 3. The highest BCUT2D eigenvalue weighted by atomic mass is 16.4. The number of para-hydroxylation sites is 2. The standard InChI is InChI=1S/C26H27N5O4/c1-31(2)11-10-27-25(33)21-8-5-7-20-23(19-6-3-4-9-22(19)30-24(20)21)28-17-12-16(15-32)13-18(14-17)29-26(34)35/h3-9,12-14,29,32H,10-11,15H2,1-2H3,(H,27,33)(H,28,30)(H,34,35). The normalized spacial score (nSPS) is 11.1. The van der Waals surface area contributed by atoms with Crippen LogP contribution < -0.4 is 16.0 Å². The van der Waals surface area contributed by atoms with Crippen molar-refractivity contribution in [3.05, 3.63) is 71.8 Å². The number of aliphatic hydroxyl groups is 1. The minimum Gasteiger partial charge on any atom is -0.465 e. The van der Waals surface area contributed by atoms with Crippen molar-refractivity contribution in [2.75, 3.05) is 37.8 Å². The van der Waals surface area contributed by atoms with Crippen LogP contribution >= 0.6 is 0 Å². The molecule has 35 heavy (non-hydrogen) atoms. The largest absolute Gasteiger partial charge is 0.465 e. The molecule has 0 unspecified atom stereocenters. The smallest absolute Gasteiger partial charge is 0.409 e. The molecule has 0 aliphatic heterocycles. The molecule has 0 saturated heterocycles. The summed E-state index contributed by atoms with van der Waals surface area (Å²) in [6.45, 7) is 0.973. The highest BCUT2D eigenvalue weighted by Crippen LogP contribution is 2.35. The Morgan fingerprint density at radius 3 is 2.46 bits per heavy atom. The van der Waals surface area contributed by atoms with Crippen LogP contribution in [0.2, 0.25) is 0 Å². The van der Waals surface area contributed by atoms with Gasteiger partial charge in [0.2, 0.25) is 0 Å². The molecule has 0 atom stereocenters. The molecule has 180 valence electrons. The molecular formula is C26H27N5O4. The van der Waals surface area contributed by atoms with Crippen LogP contribution in [0.3, 0.4) is 0 Å². The zero-order valence-corrected chi connectivity index (χ0v) is 19.5. The molecule has 0 aliphatic rings. The highest BCUT2D eigenvalue weighted by molar-refractivity contribution is 6.14. The maximum atomic E-state index is 13.0. The van der Waals surface area contributed by atoms with Crippen molar-refractivity contribution in [3.8, 4) is 0 Å². The van der Waals surface area contributed by atoms with Crippen LogP contribution in [0.15, 0.2) is 60.7 Å². The van der Waals surface area contributed by atoms with E-state index in [-0.39, 0.29) is 12.5 Å². The van der Waals surface area contributed by atoms with Gasteiger partial charge < -0.3 is 25.7 Å². The van der Waals surface area contributed by atoms with Crippen LogP contribution in [-0.2, 0) is 6.61 Å². The maximum absolute atomic E-state index is 13.0. The van der Waals surface area contributed by atoms with Gasteiger partial charge in [-0.3, -0.25) is 10.1 Å². The number of carbonyl (C=O) groups excluding carboxylic acids is 1. The predicted molar refractivity (Wildman–Crippen MR) is 137 cm³/mol. The Balaban J connectivity index is 1.83. The number of nitrogens with zero attached hydrogens (tertiary/aromatic N) is 2. The van der Waals surface area contributed by atoms with Crippen LogP contribution in [0.4, 0.5) is 21.9 Å². The number of rotatable bonds is 8. The number of benzene rings is 3. The monoisotopic (exact) mass is 473 g/mol. The summed E-state index contributed by atoms with van der Waals surface area (Å²) in [5, 5.41) is 29.0. The molecule has 0 fully saturated rings. The zero-order valence-electron chi connectivity index (χ0n) is 19.5. The summed E-state index contributed by atoms with van der Waals surface area (Å²) < 4.78 is 0. The molecule has 0 aliphatic carbocycles. The molecule has 0 saturated carbocycles. The van der Waals surface area contributed by atoms with Crippen molar-refractivity contribution < 1.29 is 19.8 Å². The molecule has 2 amide bonds. The number of nitrogens with one attached hydrogen (secondary N) is 3. The van der Waals surface area contributed by atoms with Crippen LogP contribution in [0.25, 0.3) is 21.8 Å². The number of carbonyl (C=O) groups is 2. The Morgan fingerprint density at radius 2 is 1.71 bits per heavy atom. The molecule has 4 aromatic rings. The average Bonchev–Trinajstić information content (AvgIpc) is 2.82. The molecule has 3 aromatic carbocycles. The highest BCUT2D eigenvalue weighted by Gasteiger charge is 2.16. The second-order valence-corrected chi connectivity index (χ2v) is 8.40. The molecule has 0 bridgehead atoms. The average molecular weight is 474 g/mol. The number of fused-ring (bicyclic) bond motifs is 2. The summed E-state index contributed by atoms with van der Waals surface area (Å²) in [4.78, 5) is 30.9. The topological polar surface area (TPSA) is 127 Å². The van der Waals surface area contributed by atoms with Gasteiger partial charge in [0.1, 0.15) is 0 Å². The van der Waals surface area contributed by atoms with Gasteiger partial charge >= 0.3 is 6.09 Å². The van der Waals surface area contributed by atoms with Gasteiger partial charge in [-0.05, 0) is 50.0 Å². The fraction of sp³-hybridized carbons (Fsp3) is 0.192. The quantitative estimate of drug-likeness (QED) is 0.245. The lowest BCUT2D eigenvalue weighted by Gasteiger charge is -2.17. The van der Waals surface area contributed by atoms with E-state index in [1.807, 2.05) is 55.4 Å². The van der Waals surface area contributed by atoms with Crippen LogP contribution in [0.5, 0.6) is 0 Å². The Bertz CT molecular complexity index is 1400. The summed E-state index contributed by atoms with van der Waals surface area (Å²) in [5.74, 6) is -0.207. The third kappa shape index (κ3) is 5.48. The number of aromatic nitrogens is 1. The number of amides is 2. The van der Waals surface area contributed by atoms with E-state index in [0.29, 0.717) is 46.6 Å². The van der Waals surface area contributed by atoms with Gasteiger partial charge in [-0.1, -0.05) is 30.3 Å². The molecule has 5 N–H and O–H groups in total. The van der Waals surface area contributed by atoms with Crippen LogP contribution in [-0.4, -0.2) is 59.3 Å². The van der Waals surface area contributed by atoms with Gasteiger partial charge in [0.15, 0.2) is 0 Å². The lowest BCUT2D eigenvalue weighted by atomic mass is 10.0. The van der Waals surface area contributed by atoms with Gasteiger partial charge in [0, 0.05) is 35.2 Å². The Hall–Kier alpha value is -4.21. The molecule has 9 heteroatoms. The van der Waals surface area contributed by atoms with E-state index in [1.165, 1.54) is 0 Å². The van der Waals surface area contributed by atoms with E-state index in [9.17, 15) is 14.7 Å². The van der Waals surface area contributed by atoms with Crippen molar-refractivity contribution in [1.29, 1.82) is 0 Å². The second-order valence-electron chi connectivity index (χ2n) is 8.40. The number of hydrogen-bond acceptors (Lipinski definition) is 6. The van der Waals surface area contributed by atoms with Gasteiger partial charge in [0.25, 0.3) is 5.91 Å². The first-order chi connectivity index (χ1) is 16.9. The molecule has 9 nitrogen and oxygen atoms in total. The first kappa shape index (κ1) is 23.9. The number of carboxylic acid groups (broad SMARTS) is 1. The van der Waals surface area contributed by atoms with Gasteiger partial charge in [-0.25, -0.2) is 9.78 Å². The minimum absolute atomic E-state index is 0.207. The van der Waals surface area contributed by atoms with E-state index in [0.717, 1.165) is 16.5 Å². The Morgan fingerprint density at radius 1 is 0.971 bits per heavy atom. The summed E-state index contributed by atoms with van der Waals surface area (Å²) in [5.41, 5.74) is 3.91. The van der Waals surface area contributed by atoms with Crippen molar-refractivity contribution in [1.82, 2.24) is 15.2 Å². The summed E-state index contributed by atoms with van der Waals surface area (Å²) >= 11 is 0. The van der Waals surface area contributed by atoms with Gasteiger partial charge in [-0.15, -0.1) is 0 Å². The van der Waals surface area contributed by atoms with E-state index in [4.69, 9.17) is 10.1 Å². The minimum atomic E-state index is -1.20. The second kappa shape index (κ2) is 10.4. The number of aliphatic hydroxyl groups excluding tert-OH is 1. The van der Waals surface area contributed by atoms with Crippen molar-refractivity contribution in [3.63, 3.8) is 0 Å². The van der Waals surface area contributed by atoms with Crippen molar-refractivity contribution in [2.45, 2.75) is 6.61 Å². The molecular weight excluding hydrogens is 446 g/mol. The predicted octanol–water partition coefficient (Wildman–Crippen LogP) is 4.01. The molecule has 0 radical (unpaired) electrons. The molecule has 0 spiro atoms. The van der Waals surface area contributed by atoms with Gasteiger partial charge in [-0.2, -0.15) is 0 Å². The fourth-order valence-electron chi connectivity index (χ4n) is 3.92. The SMILES string of the molecule is CN(C)CCNC(=O)c1cccc2c(Nc3cc(CO)cc(NC(=O)O)c3)c3ccccc3nc12. The summed E-state index contributed by atoms with van der Waals surface area (Å²) in [7, 11) is 3.89. The zero-order chi connectivity index (χ0) is 24.9. The van der Waals surface area contributed by atoms with Crippen LogP contribution in [0.1, 0.15) is 15.9 Å². The molecule has 1 heterocycles. The van der Waals surface area contributed by atoms with Crippen molar-refractivity contribution in [2.24, 2.45) is 0 Å². The maximum Gasteiger partial charge on any atom is 0.409 e. The molecule has 4 rings (SSSR count). The first-order valence-electron chi connectivity index (χ1n) is 11.1. The number of pyridine rings is 1. The number of likely N-dealkylation sites (N-methyl/N-ethyl adjacent to an activating group) is 1. The number of hydrogen-bond donors (Lipinski definition) is 5. The van der Waals surface area contributed by atoms with E-state index >= 15 is 0 Å². The van der Waals surface area contributed by atoms with E-state index < -0.39 is 6.09 Å².